The number of ether oxygens (including phenoxy) is 3. The van der Waals surface area contributed by atoms with E-state index in [2.05, 4.69) is 20.7 Å². The van der Waals surface area contributed by atoms with Gasteiger partial charge in [-0.3, -0.25) is 0 Å². The van der Waals surface area contributed by atoms with Gasteiger partial charge in [-0.05, 0) is 22.0 Å². The molecule has 1 heterocycles. The highest BCUT2D eigenvalue weighted by Gasteiger charge is 2.23. The van der Waals surface area contributed by atoms with Crippen molar-refractivity contribution >= 4 is 26.0 Å². The zero-order valence-corrected chi connectivity index (χ0v) is 15.6. The molecule has 0 amide bonds. The van der Waals surface area contributed by atoms with Crippen LogP contribution in [-0.2, 0) is 14.8 Å². The molecule has 0 radical (unpaired) electrons. The van der Waals surface area contributed by atoms with E-state index in [0.717, 1.165) is 32.8 Å². The van der Waals surface area contributed by atoms with E-state index in [0.29, 0.717) is 16.8 Å². The van der Waals surface area contributed by atoms with Crippen molar-refractivity contribution in [3.8, 4) is 11.5 Å². The molecule has 1 saturated heterocycles. The number of halogens is 1. The summed E-state index contributed by atoms with van der Waals surface area (Å²) in [4.78, 5) is 1.40. The van der Waals surface area contributed by atoms with Gasteiger partial charge >= 0.3 is 0 Å². The quantitative estimate of drug-likeness (QED) is 0.643. The predicted molar refractivity (Wildman–Crippen MR) is 88.8 cm³/mol. The second-order valence-electron chi connectivity index (χ2n) is 5.15. The average Bonchev–Trinajstić information content (AvgIpc) is 2.55. The summed E-state index contributed by atoms with van der Waals surface area (Å²) < 4.78 is 44.0. The fraction of sp³-hybridized carbons (Fsp3) is 0.571. The standard InChI is InChI=1S/C14H21BrN2O5S/c1-20-12-10-14(13(21-2)9-11(12)15)23(18,19)16-3-4-17-5-7-22-8-6-17/h9-10,16H,3-8H2,1-2H3/p+1. The summed E-state index contributed by atoms with van der Waals surface area (Å²) in [5, 5.41) is 0. The van der Waals surface area contributed by atoms with E-state index >= 15 is 0 Å². The number of quaternary nitrogens is 1. The van der Waals surface area contributed by atoms with Gasteiger partial charge in [0.25, 0.3) is 0 Å². The first-order valence-corrected chi connectivity index (χ1v) is 9.58. The first-order valence-electron chi connectivity index (χ1n) is 7.30. The van der Waals surface area contributed by atoms with Gasteiger partial charge in [0.15, 0.2) is 0 Å². The van der Waals surface area contributed by atoms with Crippen LogP contribution in [0.1, 0.15) is 0 Å². The van der Waals surface area contributed by atoms with Crippen LogP contribution in [0.4, 0.5) is 0 Å². The summed E-state index contributed by atoms with van der Waals surface area (Å²) in [6.45, 7) is 4.33. The highest BCUT2D eigenvalue weighted by molar-refractivity contribution is 9.10. The number of rotatable bonds is 7. The summed E-state index contributed by atoms with van der Waals surface area (Å²) >= 11 is 3.32. The van der Waals surface area contributed by atoms with Crippen molar-refractivity contribution in [1.82, 2.24) is 4.72 Å². The molecule has 0 spiro atoms. The highest BCUT2D eigenvalue weighted by atomic mass is 79.9. The van der Waals surface area contributed by atoms with Gasteiger partial charge in [-0.1, -0.05) is 0 Å². The van der Waals surface area contributed by atoms with E-state index in [9.17, 15) is 8.42 Å². The van der Waals surface area contributed by atoms with E-state index in [-0.39, 0.29) is 10.6 Å². The lowest BCUT2D eigenvalue weighted by molar-refractivity contribution is -0.906. The molecule has 23 heavy (non-hydrogen) atoms. The van der Waals surface area contributed by atoms with Crippen LogP contribution in [0.2, 0.25) is 0 Å². The maximum Gasteiger partial charge on any atom is 0.244 e. The number of hydrogen-bond donors (Lipinski definition) is 2. The van der Waals surface area contributed by atoms with Crippen LogP contribution in [0, 0.1) is 0 Å². The third-order valence-electron chi connectivity index (χ3n) is 3.70. The Morgan fingerprint density at radius 3 is 2.48 bits per heavy atom. The first kappa shape index (κ1) is 18.5. The second-order valence-corrected chi connectivity index (χ2v) is 7.74. The molecule has 1 aliphatic rings. The van der Waals surface area contributed by atoms with Crippen LogP contribution < -0.4 is 19.1 Å². The summed E-state index contributed by atoms with van der Waals surface area (Å²) in [6, 6.07) is 3.04. The number of hydrogen-bond acceptors (Lipinski definition) is 5. The molecule has 1 aromatic carbocycles. The molecule has 130 valence electrons. The van der Waals surface area contributed by atoms with Gasteiger partial charge in [0.05, 0.1) is 45.0 Å². The molecule has 2 N–H and O–H groups in total. The zero-order valence-electron chi connectivity index (χ0n) is 13.2. The van der Waals surface area contributed by atoms with Crippen molar-refractivity contribution < 1.29 is 27.5 Å². The lowest BCUT2D eigenvalue weighted by Gasteiger charge is -2.23. The molecule has 0 saturated carbocycles. The molecule has 0 atom stereocenters. The Hall–Kier alpha value is -0.870. The Balaban J connectivity index is 2.08. The van der Waals surface area contributed by atoms with Gasteiger partial charge in [0.1, 0.15) is 29.5 Å². The van der Waals surface area contributed by atoms with Crippen LogP contribution in [0.15, 0.2) is 21.5 Å². The number of morpholine rings is 1. The molecule has 0 unspecified atom stereocenters. The van der Waals surface area contributed by atoms with E-state index < -0.39 is 10.0 Å². The first-order chi connectivity index (χ1) is 11.0. The van der Waals surface area contributed by atoms with Crippen molar-refractivity contribution in [2.75, 3.05) is 53.6 Å². The number of benzene rings is 1. The largest absolute Gasteiger partial charge is 0.496 e. The maximum absolute atomic E-state index is 12.5. The van der Waals surface area contributed by atoms with Crippen LogP contribution in [0.5, 0.6) is 11.5 Å². The monoisotopic (exact) mass is 409 g/mol. The van der Waals surface area contributed by atoms with Crippen LogP contribution in [0.25, 0.3) is 0 Å². The Morgan fingerprint density at radius 1 is 1.22 bits per heavy atom. The molecule has 2 rings (SSSR count). The fourth-order valence-electron chi connectivity index (χ4n) is 2.39. The van der Waals surface area contributed by atoms with Crippen molar-refractivity contribution in [3.05, 3.63) is 16.6 Å². The molecule has 1 aromatic rings. The van der Waals surface area contributed by atoms with Crippen molar-refractivity contribution in [3.63, 3.8) is 0 Å². The second kappa shape index (κ2) is 8.29. The lowest BCUT2D eigenvalue weighted by atomic mass is 10.3. The predicted octanol–water partition coefficient (Wildman–Crippen LogP) is -0.340. The van der Waals surface area contributed by atoms with E-state index in [1.807, 2.05) is 0 Å². The molecule has 1 aliphatic heterocycles. The SMILES string of the molecule is COc1cc(S(=O)(=O)NCC[NH+]2CCOCC2)c(OC)cc1Br. The Morgan fingerprint density at radius 2 is 1.87 bits per heavy atom. The molecular weight excluding hydrogens is 388 g/mol. The Kier molecular flexibility index (Phi) is 6.66. The Labute approximate surface area is 145 Å². The zero-order chi connectivity index (χ0) is 16.9. The van der Waals surface area contributed by atoms with Crippen molar-refractivity contribution in [2.45, 2.75) is 4.90 Å². The van der Waals surface area contributed by atoms with E-state index in [1.165, 1.54) is 25.2 Å². The summed E-state index contributed by atoms with van der Waals surface area (Å²) in [6.07, 6.45) is 0. The minimum atomic E-state index is -3.67. The molecule has 7 nitrogen and oxygen atoms in total. The fourth-order valence-corrected chi connectivity index (χ4v) is 4.07. The summed E-state index contributed by atoms with van der Waals surface area (Å²) in [5.41, 5.74) is 0. The van der Waals surface area contributed by atoms with E-state index in [4.69, 9.17) is 14.2 Å². The van der Waals surface area contributed by atoms with Gasteiger partial charge in [0, 0.05) is 6.07 Å². The van der Waals surface area contributed by atoms with Crippen LogP contribution in [0.3, 0.4) is 0 Å². The lowest BCUT2D eigenvalue weighted by Crippen LogP contribution is -3.14. The van der Waals surface area contributed by atoms with Gasteiger partial charge in [-0.2, -0.15) is 0 Å². The molecule has 9 heteroatoms. The van der Waals surface area contributed by atoms with Gasteiger partial charge in [0.2, 0.25) is 10.0 Å². The average molecular weight is 410 g/mol. The third kappa shape index (κ3) is 4.80. The normalized spacial score (nSPS) is 16.3. The molecule has 1 fully saturated rings. The minimum absolute atomic E-state index is 0.0667. The Bertz CT molecular complexity index is 632. The maximum atomic E-state index is 12.5. The van der Waals surface area contributed by atoms with Crippen LogP contribution >= 0.6 is 15.9 Å². The minimum Gasteiger partial charge on any atom is -0.496 e. The third-order valence-corrected chi connectivity index (χ3v) is 5.80. The molecule has 0 aliphatic carbocycles. The smallest absolute Gasteiger partial charge is 0.244 e. The topological polar surface area (TPSA) is 78.3 Å². The number of sulfonamides is 1. The summed E-state index contributed by atoms with van der Waals surface area (Å²) in [7, 11) is -0.754. The highest BCUT2D eigenvalue weighted by Crippen LogP contribution is 2.35. The number of nitrogens with one attached hydrogen (secondary N) is 2. The molecule has 0 bridgehead atoms. The number of methoxy groups -OCH3 is 2. The van der Waals surface area contributed by atoms with Crippen LogP contribution in [-0.4, -0.2) is 62.0 Å². The van der Waals surface area contributed by atoms with Gasteiger partial charge < -0.3 is 19.1 Å². The van der Waals surface area contributed by atoms with Crippen molar-refractivity contribution in [1.29, 1.82) is 0 Å². The summed E-state index contributed by atoms with van der Waals surface area (Å²) in [5.74, 6) is 0.703. The van der Waals surface area contributed by atoms with E-state index in [1.54, 1.807) is 6.07 Å². The molecule has 0 aromatic heterocycles. The van der Waals surface area contributed by atoms with Gasteiger partial charge in [-0.15, -0.1) is 0 Å². The van der Waals surface area contributed by atoms with Gasteiger partial charge in [-0.25, -0.2) is 13.1 Å². The molecular formula is C14H22BrN2O5S+. The van der Waals surface area contributed by atoms with Crippen molar-refractivity contribution in [2.24, 2.45) is 0 Å².